The first-order valence-electron chi connectivity index (χ1n) is 10.4. The maximum absolute atomic E-state index is 13.0. The van der Waals surface area contributed by atoms with Crippen LogP contribution in [0.5, 0.6) is 0 Å². The van der Waals surface area contributed by atoms with Gasteiger partial charge in [0.25, 0.3) is 0 Å². The number of rotatable bonds is 3. The van der Waals surface area contributed by atoms with E-state index in [1.54, 1.807) is 0 Å². The molecule has 1 fully saturated rings. The monoisotopic (exact) mass is 353 g/mol. The van der Waals surface area contributed by atoms with Crippen LogP contribution in [0.25, 0.3) is 0 Å². The number of carbonyl (C=O) groups excluding carboxylic acids is 1. The van der Waals surface area contributed by atoms with Crippen LogP contribution in [-0.4, -0.2) is 29.9 Å². The lowest BCUT2D eigenvalue weighted by Gasteiger charge is -2.47. The zero-order chi connectivity index (χ0) is 18.1. The van der Waals surface area contributed by atoms with Crippen LogP contribution in [-0.2, 0) is 11.3 Å². The number of benzene rings is 1. The summed E-state index contributed by atoms with van der Waals surface area (Å²) in [4.78, 5) is 17.2. The summed E-state index contributed by atoms with van der Waals surface area (Å²) in [6, 6.07) is 11.4. The molecular weight excluding hydrogens is 320 g/mol. The molecule has 0 aromatic heterocycles. The van der Waals surface area contributed by atoms with Crippen molar-refractivity contribution in [3.63, 3.8) is 0 Å². The topological polar surface area (TPSA) is 24.8 Å². The van der Waals surface area contributed by atoms with Crippen LogP contribution in [0.1, 0.15) is 64.4 Å². The Balaban J connectivity index is 1.62. The maximum atomic E-state index is 13.0. The lowest BCUT2D eigenvalue weighted by Crippen LogP contribution is -3.13. The van der Waals surface area contributed by atoms with Crippen molar-refractivity contribution < 1.29 is 9.69 Å². The van der Waals surface area contributed by atoms with E-state index < -0.39 is 0 Å². The van der Waals surface area contributed by atoms with E-state index in [1.807, 2.05) is 0 Å². The fourth-order valence-corrected chi connectivity index (χ4v) is 5.19. The number of allylic oxidation sites excluding steroid dienone is 1. The van der Waals surface area contributed by atoms with Gasteiger partial charge in [-0.25, -0.2) is 0 Å². The second-order valence-electron chi connectivity index (χ2n) is 9.38. The van der Waals surface area contributed by atoms with Gasteiger partial charge in [-0.15, -0.1) is 0 Å². The third-order valence-corrected chi connectivity index (χ3v) is 6.45. The van der Waals surface area contributed by atoms with Gasteiger partial charge in [0.1, 0.15) is 13.1 Å². The molecule has 1 N–H and O–H groups in total. The van der Waals surface area contributed by atoms with E-state index in [2.05, 4.69) is 49.1 Å². The van der Waals surface area contributed by atoms with E-state index in [-0.39, 0.29) is 5.41 Å². The number of nitrogens with one attached hydrogen (secondary N) is 1. The molecule has 2 aliphatic carbocycles. The van der Waals surface area contributed by atoms with E-state index in [0.717, 1.165) is 31.8 Å². The van der Waals surface area contributed by atoms with E-state index in [9.17, 15) is 4.79 Å². The standard InChI is InChI=1S/C23H32N2O/c1-23(2)13-21-20(22(26)14-23)16-24(15-18-9-5-3-6-10-18)17-25(21)19-11-7-4-8-12-19/h3,5-6,9-10,19H,4,7-8,11-17H2,1-2H3/p+1. The summed E-state index contributed by atoms with van der Waals surface area (Å²) >= 11 is 0. The summed E-state index contributed by atoms with van der Waals surface area (Å²) in [5.74, 6) is 0.405. The molecule has 1 atom stereocenters. The van der Waals surface area contributed by atoms with Gasteiger partial charge in [0.05, 0.1) is 5.57 Å². The van der Waals surface area contributed by atoms with E-state index >= 15 is 0 Å². The first-order chi connectivity index (χ1) is 12.5. The Hall–Kier alpha value is -1.61. The normalized spacial score (nSPS) is 26.8. The molecule has 0 bridgehead atoms. The lowest BCUT2D eigenvalue weighted by molar-refractivity contribution is -0.921. The van der Waals surface area contributed by atoms with Gasteiger partial charge >= 0.3 is 0 Å². The van der Waals surface area contributed by atoms with Crippen molar-refractivity contribution in [2.45, 2.75) is 71.4 Å². The van der Waals surface area contributed by atoms with Crippen molar-refractivity contribution in [3.8, 4) is 0 Å². The number of hydrogen-bond acceptors (Lipinski definition) is 2. The minimum atomic E-state index is 0.111. The first kappa shape index (κ1) is 17.8. The summed E-state index contributed by atoms with van der Waals surface area (Å²) in [6.45, 7) is 7.50. The second kappa shape index (κ2) is 7.19. The summed E-state index contributed by atoms with van der Waals surface area (Å²) in [7, 11) is 0. The third kappa shape index (κ3) is 3.73. The highest BCUT2D eigenvalue weighted by atomic mass is 16.1. The van der Waals surface area contributed by atoms with E-state index in [4.69, 9.17) is 0 Å². The molecule has 3 nitrogen and oxygen atoms in total. The minimum Gasteiger partial charge on any atom is -0.325 e. The Kier molecular flexibility index (Phi) is 4.92. The molecule has 26 heavy (non-hydrogen) atoms. The lowest BCUT2D eigenvalue weighted by atomic mass is 9.74. The van der Waals surface area contributed by atoms with Crippen LogP contribution in [0.3, 0.4) is 0 Å². The van der Waals surface area contributed by atoms with Crippen LogP contribution in [0.15, 0.2) is 41.6 Å². The molecular formula is C23H33N2O+. The smallest absolute Gasteiger partial charge is 0.166 e. The second-order valence-corrected chi connectivity index (χ2v) is 9.38. The zero-order valence-corrected chi connectivity index (χ0v) is 16.4. The summed E-state index contributed by atoms with van der Waals surface area (Å²) < 4.78 is 0. The van der Waals surface area contributed by atoms with Crippen molar-refractivity contribution >= 4 is 5.78 Å². The SMILES string of the molecule is CC1(C)CC(=O)C2=C(C1)N(C1CCCCC1)C[NH+](Cc1ccccc1)C2. The number of carbonyl (C=O) groups is 1. The molecule has 1 saturated carbocycles. The van der Waals surface area contributed by atoms with Crippen molar-refractivity contribution in [2.24, 2.45) is 5.41 Å². The van der Waals surface area contributed by atoms with Crippen molar-refractivity contribution in [3.05, 3.63) is 47.2 Å². The molecule has 1 heterocycles. The molecule has 4 rings (SSSR count). The van der Waals surface area contributed by atoms with Crippen LogP contribution >= 0.6 is 0 Å². The molecule has 1 aromatic carbocycles. The maximum Gasteiger partial charge on any atom is 0.166 e. The number of quaternary nitrogens is 1. The van der Waals surface area contributed by atoms with Gasteiger partial charge in [0.2, 0.25) is 0 Å². The number of Topliss-reactive ketones (excluding diaryl/α,β-unsaturated/α-hetero) is 1. The van der Waals surface area contributed by atoms with Crippen LogP contribution < -0.4 is 4.90 Å². The van der Waals surface area contributed by atoms with Gasteiger partial charge in [-0.1, -0.05) is 63.4 Å². The van der Waals surface area contributed by atoms with E-state index in [1.165, 1.54) is 48.3 Å². The fourth-order valence-electron chi connectivity index (χ4n) is 5.19. The average molecular weight is 354 g/mol. The Morgan fingerprint density at radius 2 is 1.81 bits per heavy atom. The van der Waals surface area contributed by atoms with Gasteiger partial charge in [0.15, 0.2) is 12.5 Å². The zero-order valence-electron chi connectivity index (χ0n) is 16.4. The molecule has 3 heteroatoms. The summed E-state index contributed by atoms with van der Waals surface area (Å²) in [6.07, 6.45) is 8.44. The molecule has 0 radical (unpaired) electrons. The predicted octanol–water partition coefficient (Wildman–Crippen LogP) is 3.32. The molecule has 0 amide bonds. The molecule has 3 aliphatic rings. The molecule has 0 saturated heterocycles. The van der Waals surface area contributed by atoms with Gasteiger partial charge in [-0.05, 0) is 24.7 Å². The van der Waals surface area contributed by atoms with Gasteiger partial charge in [-0.3, -0.25) is 4.79 Å². The third-order valence-electron chi connectivity index (χ3n) is 6.45. The summed E-state index contributed by atoms with van der Waals surface area (Å²) in [5, 5.41) is 0. The van der Waals surface area contributed by atoms with Gasteiger partial charge in [0, 0.05) is 23.7 Å². The molecule has 140 valence electrons. The molecule has 1 unspecified atom stereocenters. The van der Waals surface area contributed by atoms with E-state index in [0.29, 0.717) is 18.2 Å². The highest BCUT2D eigenvalue weighted by Gasteiger charge is 2.42. The summed E-state index contributed by atoms with van der Waals surface area (Å²) in [5.41, 5.74) is 4.03. The van der Waals surface area contributed by atoms with Crippen LogP contribution in [0, 0.1) is 5.41 Å². The highest BCUT2D eigenvalue weighted by Crippen LogP contribution is 2.40. The highest BCUT2D eigenvalue weighted by molar-refractivity contribution is 5.97. The number of ketones is 1. The van der Waals surface area contributed by atoms with Crippen molar-refractivity contribution in [2.75, 3.05) is 13.2 Å². The van der Waals surface area contributed by atoms with Crippen LogP contribution in [0.4, 0.5) is 0 Å². The Labute approximate surface area is 158 Å². The Morgan fingerprint density at radius 3 is 2.54 bits per heavy atom. The fraction of sp³-hybridized carbons (Fsp3) is 0.609. The van der Waals surface area contributed by atoms with Crippen molar-refractivity contribution in [1.82, 2.24) is 4.90 Å². The molecule has 1 aliphatic heterocycles. The number of hydrogen-bond donors (Lipinski definition) is 1. The largest absolute Gasteiger partial charge is 0.325 e. The minimum absolute atomic E-state index is 0.111. The molecule has 1 aromatic rings. The van der Waals surface area contributed by atoms with Gasteiger partial charge in [-0.2, -0.15) is 0 Å². The van der Waals surface area contributed by atoms with Crippen molar-refractivity contribution in [1.29, 1.82) is 0 Å². The number of nitrogens with zero attached hydrogens (tertiary/aromatic N) is 1. The first-order valence-corrected chi connectivity index (χ1v) is 10.4. The average Bonchev–Trinajstić information content (AvgIpc) is 2.63. The molecule has 0 spiro atoms. The predicted molar refractivity (Wildman–Crippen MR) is 105 cm³/mol. The Morgan fingerprint density at radius 1 is 1.08 bits per heavy atom. The Bertz CT molecular complexity index is 685. The van der Waals surface area contributed by atoms with Gasteiger partial charge < -0.3 is 9.80 Å². The quantitative estimate of drug-likeness (QED) is 0.902. The van der Waals surface area contributed by atoms with Crippen LogP contribution in [0.2, 0.25) is 0 Å².